The molecule has 0 bridgehead atoms. The van der Waals surface area contributed by atoms with E-state index in [1.807, 2.05) is 0 Å². The first kappa shape index (κ1) is 41.1. The normalized spacial score (nSPS) is 15.3. The van der Waals surface area contributed by atoms with E-state index >= 15 is 0 Å². The lowest BCUT2D eigenvalue weighted by atomic mass is 10.00. The molecule has 0 radical (unpaired) electrons. The molecule has 0 saturated carbocycles. The molecule has 0 amide bonds. The van der Waals surface area contributed by atoms with E-state index in [9.17, 15) is 29.7 Å². The molecule has 0 spiro atoms. The fourth-order valence-corrected chi connectivity index (χ4v) is 6.23. The third-order valence-corrected chi connectivity index (χ3v) is 8.87. The maximum absolute atomic E-state index is 11.6. The predicted octanol–water partition coefficient (Wildman–Crippen LogP) is 8.01. The van der Waals surface area contributed by atoms with Crippen LogP contribution in [0.15, 0.2) is 12.2 Å². The molecule has 43 heavy (non-hydrogen) atoms. The fraction of sp³-hybridized carbons (Fsp3) is 0.861. The zero-order chi connectivity index (χ0) is 32.3. The van der Waals surface area contributed by atoms with Crippen LogP contribution in [0.5, 0.6) is 0 Å². The molecule has 0 saturated heterocycles. The van der Waals surface area contributed by atoms with Crippen molar-refractivity contribution in [1.29, 1.82) is 0 Å². The van der Waals surface area contributed by atoms with Gasteiger partial charge < -0.3 is 24.6 Å². The van der Waals surface area contributed by atoms with Crippen LogP contribution in [0, 0.1) is 17.8 Å². The van der Waals surface area contributed by atoms with Gasteiger partial charge in [0.25, 0.3) is 0 Å². The van der Waals surface area contributed by atoms with Crippen LogP contribution in [-0.2, 0) is 14.4 Å². The standard InChI is InChI=1S/C36H67NO6/c1-5-6-7-8-9-10-11-12-13-14-15-16-17-18-19-20-21-22-23-24-25-26-27-37(28-31(2)34(38)39,29-32(3)35(40)41)30-33(4)36(42)43/h11-12,31-33H,5-10,13-30H2,1-4H3,(H2-,38,39,40,41,42,43)/b12-11+. The summed E-state index contributed by atoms with van der Waals surface area (Å²) in [6.07, 6.45) is 29.9. The molecule has 3 atom stereocenters. The zero-order valence-corrected chi connectivity index (χ0v) is 28.3. The van der Waals surface area contributed by atoms with Crippen molar-refractivity contribution < 1.29 is 34.2 Å². The maximum atomic E-state index is 11.6. The third kappa shape index (κ3) is 23.2. The minimum Gasteiger partial charge on any atom is -0.550 e. The van der Waals surface area contributed by atoms with E-state index in [4.69, 9.17) is 0 Å². The van der Waals surface area contributed by atoms with Gasteiger partial charge in [-0.25, -0.2) is 0 Å². The molecule has 0 rings (SSSR count). The van der Waals surface area contributed by atoms with Crippen molar-refractivity contribution in [3.8, 4) is 0 Å². The summed E-state index contributed by atoms with van der Waals surface area (Å²) in [4.78, 5) is 34.8. The highest BCUT2D eigenvalue weighted by Gasteiger charge is 2.36. The van der Waals surface area contributed by atoms with Crippen molar-refractivity contribution in [3.63, 3.8) is 0 Å². The van der Waals surface area contributed by atoms with E-state index in [-0.39, 0.29) is 24.1 Å². The van der Waals surface area contributed by atoms with Gasteiger partial charge in [0.2, 0.25) is 0 Å². The second kappa shape index (κ2) is 26.5. The highest BCUT2D eigenvalue weighted by atomic mass is 16.4. The number of hydrogen-bond donors (Lipinski definition) is 2. The number of quaternary nitrogens is 1. The quantitative estimate of drug-likeness (QED) is 0.0467. The largest absolute Gasteiger partial charge is 0.550 e. The third-order valence-electron chi connectivity index (χ3n) is 8.87. The molecule has 3 unspecified atom stereocenters. The van der Waals surface area contributed by atoms with E-state index in [1.165, 1.54) is 109 Å². The number of carbonyl (C=O) groups excluding carboxylic acids is 1. The lowest BCUT2D eigenvalue weighted by Gasteiger charge is -2.43. The Morgan fingerprint density at radius 2 is 0.884 bits per heavy atom. The van der Waals surface area contributed by atoms with E-state index in [0.29, 0.717) is 6.54 Å². The van der Waals surface area contributed by atoms with Crippen molar-refractivity contribution in [3.05, 3.63) is 12.2 Å². The van der Waals surface area contributed by atoms with Gasteiger partial charge in [0, 0.05) is 11.9 Å². The van der Waals surface area contributed by atoms with Crippen molar-refractivity contribution in [2.24, 2.45) is 17.8 Å². The monoisotopic (exact) mass is 609 g/mol. The molecule has 0 aliphatic rings. The number of carboxylic acid groups (broad SMARTS) is 3. The number of hydrogen-bond acceptors (Lipinski definition) is 4. The first-order chi connectivity index (χ1) is 20.5. The topological polar surface area (TPSA) is 115 Å². The summed E-state index contributed by atoms with van der Waals surface area (Å²) >= 11 is 0. The second-order valence-electron chi connectivity index (χ2n) is 13.4. The van der Waals surface area contributed by atoms with Gasteiger partial charge in [-0.2, -0.15) is 0 Å². The van der Waals surface area contributed by atoms with E-state index in [1.54, 1.807) is 20.8 Å². The maximum Gasteiger partial charge on any atom is 0.311 e. The summed E-state index contributed by atoms with van der Waals surface area (Å²) in [7, 11) is 0. The van der Waals surface area contributed by atoms with Crippen molar-refractivity contribution in [2.75, 3.05) is 26.2 Å². The fourth-order valence-electron chi connectivity index (χ4n) is 6.23. The summed E-state index contributed by atoms with van der Waals surface area (Å²) in [6.45, 7) is 8.27. The molecule has 7 heteroatoms. The first-order valence-corrected chi connectivity index (χ1v) is 17.7. The van der Waals surface area contributed by atoms with Gasteiger partial charge in [-0.15, -0.1) is 0 Å². The number of carboxylic acids is 3. The van der Waals surface area contributed by atoms with Crippen LogP contribution < -0.4 is 5.11 Å². The number of aliphatic carboxylic acids is 3. The summed E-state index contributed by atoms with van der Waals surface area (Å²) in [5, 5.41) is 30.6. The van der Waals surface area contributed by atoms with Gasteiger partial charge in [0.15, 0.2) is 0 Å². The van der Waals surface area contributed by atoms with Crippen LogP contribution in [0.25, 0.3) is 0 Å². The summed E-state index contributed by atoms with van der Waals surface area (Å²) in [6, 6.07) is 0. The number of unbranched alkanes of at least 4 members (excludes halogenated alkanes) is 18. The van der Waals surface area contributed by atoms with Crippen molar-refractivity contribution in [2.45, 2.75) is 156 Å². The van der Waals surface area contributed by atoms with E-state index in [2.05, 4.69) is 19.1 Å². The first-order valence-electron chi connectivity index (χ1n) is 17.7. The van der Waals surface area contributed by atoms with Gasteiger partial charge >= 0.3 is 11.9 Å². The Morgan fingerprint density at radius 3 is 1.23 bits per heavy atom. The molecule has 7 nitrogen and oxygen atoms in total. The number of carbonyl (C=O) groups is 3. The number of nitrogens with zero attached hydrogens (tertiary/aromatic N) is 1. The Kier molecular flexibility index (Phi) is 25.3. The molecule has 0 aliphatic heterocycles. The lowest BCUT2D eigenvalue weighted by molar-refractivity contribution is -0.934. The summed E-state index contributed by atoms with van der Waals surface area (Å²) in [5.41, 5.74) is 0. The van der Waals surface area contributed by atoms with Crippen LogP contribution in [0.4, 0.5) is 0 Å². The SMILES string of the molecule is CCCCCCC/C=C/CCCCCCCCCCCCCCC[N+](CC(C)C(=O)[O-])(CC(C)C(=O)O)CC(C)C(=O)O. The minimum atomic E-state index is -1.18. The molecule has 0 fully saturated rings. The molecule has 0 aromatic carbocycles. The van der Waals surface area contributed by atoms with Gasteiger partial charge in [0.1, 0.15) is 11.8 Å². The molecular formula is C36H67NO6. The Bertz CT molecular complexity index is 697. The Labute approximate surface area is 264 Å². The zero-order valence-electron chi connectivity index (χ0n) is 28.3. The predicted molar refractivity (Wildman–Crippen MR) is 175 cm³/mol. The molecule has 2 N–H and O–H groups in total. The Hall–Kier alpha value is -1.89. The van der Waals surface area contributed by atoms with Crippen molar-refractivity contribution in [1.82, 2.24) is 0 Å². The Balaban J connectivity index is 4.14. The number of rotatable bonds is 31. The van der Waals surface area contributed by atoms with Crippen LogP contribution >= 0.6 is 0 Å². The lowest BCUT2D eigenvalue weighted by Crippen LogP contribution is -2.58. The highest BCUT2D eigenvalue weighted by Crippen LogP contribution is 2.22. The van der Waals surface area contributed by atoms with Gasteiger partial charge in [0.05, 0.1) is 26.2 Å². The number of allylic oxidation sites excluding steroid dienone is 2. The highest BCUT2D eigenvalue weighted by molar-refractivity contribution is 5.70. The summed E-state index contributed by atoms with van der Waals surface area (Å²) in [5.74, 6) is -5.23. The average Bonchev–Trinajstić information content (AvgIpc) is 2.95. The van der Waals surface area contributed by atoms with Gasteiger partial charge in [-0.3, -0.25) is 9.59 Å². The summed E-state index contributed by atoms with van der Waals surface area (Å²) < 4.78 is 0.186. The van der Waals surface area contributed by atoms with Crippen molar-refractivity contribution >= 4 is 17.9 Å². The molecule has 0 aliphatic carbocycles. The molecule has 0 aromatic heterocycles. The van der Waals surface area contributed by atoms with E-state index < -0.39 is 35.7 Å². The second-order valence-corrected chi connectivity index (χ2v) is 13.4. The molecule has 0 aromatic rings. The van der Waals surface area contributed by atoms with E-state index in [0.717, 1.165) is 19.3 Å². The average molecular weight is 610 g/mol. The minimum absolute atomic E-state index is 0.186. The molecule has 252 valence electrons. The molecular weight excluding hydrogens is 542 g/mol. The smallest absolute Gasteiger partial charge is 0.311 e. The Morgan fingerprint density at radius 1 is 0.558 bits per heavy atom. The van der Waals surface area contributed by atoms with Crippen LogP contribution in [0.3, 0.4) is 0 Å². The van der Waals surface area contributed by atoms with Crippen LogP contribution in [0.2, 0.25) is 0 Å². The molecule has 0 heterocycles. The van der Waals surface area contributed by atoms with Crippen LogP contribution in [-0.4, -0.2) is 58.8 Å². The van der Waals surface area contributed by atoms with Crippen LogP contribution in [0.1, 0.15) is 156 Å². The van der Waals surface area contributed by atoms with Gasteiger partial charge in [-0.05, 0) is 52.4 Å². The van der Waals surface area contributed by atoms with Gasteiger partial charge in [-0.1, -0.05) is 116 Å².